The van der Waals surface area contributed by atoms with E-state index in [1.54, 1.807) is 0 Å². The van der Waals surface area contributed by atoms with Crippen LogP contribution in [0.15, 0.2) is 0 Å². The van der Waals surface area contributed by atoms with Gasteiger partial charge in [0.05, 0.1) is 27.8 Å². The van der Waals surface area contributed by atoms with Crippen molar-refractivity contribution in [2.45, 2.75) is 19.6 Å². The summed E-state index contributed by atoms with van der Waals surface area (Å²) < 4.78 is 2.90. The van der Waals surface area contributed by atoms with Crippen LogP contribution in [0, 0.1) is 0 Å². The van der Waals surface area contributed by atoms with Crippen LogP contribution in [0.4, 0.5) is 0 Å². The highest BCUT2D eigenvalue weighted by Gasteiger charge is 2.02. The smallest absolute Gasteiger partial charge is 0.0907 e. The summed E-state index contributed by atoms with van der Waals surface area (Å²) in [5, 5.41) is 0. The quantitative estimate of drug-likeness (QED) is 0.443. The van der Waals surface area contributed by atoms with Crippen molar-refractivity contribution in [3.05, 3.63) is 0 Å². The van der Waals surface area contributed by atoms with E-state index >= 15 is 0 Å². The van der Waals surface area contributed by atoms with Gasteiger partial charge in [0.25, 0.3) is 0 Å². The zero-order valence-corrected chi connectivity index (χ0v) is 12.4. The molecule has 0 rings (SSSR count). The van der Waals surface area contributed by atoms with Crippen molar-refractivity contribution in [1.29, 1.82) is 0 Å². The van der Waals surface area contributed by atoms with Gasteiger partial charge in [-0.15, -0.1) is 0 Å². The topological polar surface area (TPSA) is 3.24 Å². The summed E-state index contributed by atoms with van der Waals surface area (Å²) in [5.74, 6) is 0. The molecule has 0 aliphatic rings. The normalized spacial score (nSPS) is 14.6. The van der Waals surface area contributed by atoms with Crippen LogP contribution >= 0.6 is 0 Å². The van der Waals surface area contributed by atoms with E-state index in [0.29, 0.717) is 9.20 Å². The van der Waals surface area contributed by atoms with Crippen LogP contribution in [-0.4, -0.2) is 41.5 Å². The Hall–Kier alpha value is 0.828. The van der Waals surface area contributed by atoms with Crippen LogP contribution in [0.5, 0.6) is 0 Å². The van der Waals surface area contributed by atoms with Crippen LogP contribution in [-0.2, 0) is 0 Å². The first kappa shape index (κ1) is 8.83. The van der Waals surface area contributed by atoms with Crippen molar-refractivity contribution in [1.82, 2.24) is 3.90 Å². The maximum atomic E-state index is 2.90. The largest absolute Gasteiger partial charge is 0.383 e. The summed E-state index contributed by atoms with van der Waals surface area (Å²) in [6, 6.07) is 0. The standard InChI is InChI=1S/C3H17NSi4/c1-6-4(7-5)8(2)3/h8H,6-7H2,1-3,5H3. The Morgan fingerprint density at radius 2 is 2.00 bits per heavy atom. The van der Waals surface area contributed by atoms with E-state index in [4.69, 9.17) is 0 Å². The molecule has 50 valence electrons. The fourth-order valence-corrected chi connectivity index (χ4v) is 19.2. The number of hydrogen-bond acceptors (Lipinski definition) is 1. The molecule has 0 unspecified atom stereocenters. The van der Waals surface area contributed by atoms with E-state index in [1.807, 2.05) is 0 Å². The van der Waals surface area contributed by atoms with Gasteiger partial charge in [-0.05, 0) is 0 Å². The van der Waals surface area contributed by atoms with Crippen LogP contribution in [0.1, 0.15) is 0 Å². The molecule has 0 aliphatic carbocycles. The molecular formula is C3H17NSi4. The Balaban J connectivity index is 3.35. The summed E-state index contributed by atoms with van der Waals surface area (Å²) in [5.41, 5.74) is 0. The molecular weight excluding hydrogens is 162 g/mol. The van der Waals surface area contributed by atoms with Gasteiger partial charge in [-0.3, -0.25) is 0 Å². The molecule has 0 amide bonds. The summed E-state index contributed by atoms with van der Waals surface area (Å²) >= 11 is 0. The second-order valence-corrected chi connectivity index (χ2v) is 12.4. The number of nitrogens with zero attached hydrogens (tertiary/aromatic N) is 1. The molecule has 0 heterocycles. The highest BCUT2D eigenvalue weighted by Crippen LogP contribution is 1.85. The number of hydrogen-bond donors (Lipinski definition) is 0. The summed E-state index contributed by atoms with van der Waals surface area (Å²) in [6.45, 7) is 7.35. The van der Waals surface area contributed by atoms with Crippen molar-refractivity contribution in [3.8, 4) is 0 Å². The Kier molecular flexibility index (Phi) is 5.17. The molecule has 0 bridgehead atoms. The minimum Gasteiger partial charge on any atom is -0.383 e. The summed E-state index contributed by atoms with van der Waals surface area (Å²) in [7, 11) is 1.87. The minimum atomic E-state index is -0.294. The summed E-state index contributed by atoms with van der Waals surface area (Å²) in [6.07, 6.45) is 0. The van der Waals surface area contributed by atoms with Gasteiger partial charge < -0.3 is 3.90 Å². The molecule has 0 aromatic heterocycles. The molecule has 0 aromatic carbocycles. The first-order valence-corrected chi connectivity index (χ1v) is 14.6. The maximum absolute atomic E-state index is 2.90. The first-order chi connectivity index (χ1) is 3.72. The lowest BCUT2D eigenvalue weighted by atomic mass is 11.9. The predicted molar refractivity (Wildman–Crippen MR) is 53.6 cm³/mol. The van der Waals surface area contributed by atoms with E-state index in [9.17, 15) is 0 Å². The fourth-order valence-electron chi connectivity index (χ4n) is 0.954. The Labute approximate surface area is 61.6 Å². The van der Waals surface area contributed by atoms with Crippen molar-refractivity contribution in [2.24, 2.45) is 0 Å². The fraction of sp³-hybridized carbons (Fsp3) is 1.00. The molecule has 0 aliphatic heterocycles. The van der Waals surface area contributed by atoms with E-state index in [1.165, 1.54) is 9.76 Å². The van der Waals surface area contributed by atoms with Gasteiger partial charge in [0.1, 0.15) is 0 Å². The van der Waals surface area contributed by atoms with Crippen molar-refractivity contribution < 1.29 is 0 Å². The predicted octanol–water partition coefficient (Wildman–Crippen LogP) is -2.23. The molecule has 0 atom stereocenters. The monoisotopic (exact) mass is 179 g/mol. The summed E-state index contributed by atoms with van der Waals surface area (Å²) in [4.78, 5) is 0. The molecule has 0 saturated heterocycles. The van der Waals surface area contributed by atoms with Crippen LogP contribution in [0.3, 0.4) is 0 Å². The van der Waals surface area contributed by atoms with Gasteiger partial charge in [0.15, 0.2) is 0 Å². The molecule has 0 N–H and O–H groups in total. The van der Waals surface area contributed by atoms with Gasteiger partial charge in [-0.2, -0.15) is 0 Å². The second-order valence-electron chi connectivity index (χ2n) is 2.31. The SMILES string of the molecule is C[SiH2]N([SiH2][SiH3])[SiH](C)C. The minimum absolute atomic E-state index is 0.272. The van der Waals surface area contributed by atoms with Crippen LogP contribution < -0.4 is 0 Å². The van der Waals surface area contributed by atoms with Gasteiger partial charge in [0.2, 0.25) is 0 Å². The van der Waals surface area contributed by atoms with Crippen LogP contribution in [0.25, 0.3) is 0 Å². The van der Waals surface area contributed by atoms with Crippen molar-refractivity contribution in [3.63, 3.8) is 0 Å². The lowest BCUT2D eigenvalue weighted by Crippen LogP contribution is -2.39. The van der Waals surface area contributed by atoms with Gasteiger partial charge in [0, 0.05) is 9.76 Å². The van der Waals surface area contributed by atoms with Gasteiger partial charge in [-0.25, -0.2) is 0 Å². The molecule has 0 radical (unpaired) electrons. The Morgan fingerprint density at radius 3 is 2.00 bits per heavy atom. The molecule has 0 spiro atoms. The highest BCUT2D eigenvalue weighted by molar-refractivity contribution is 6.96. The van der Waals surface area contributed by atoms with E-state index in [-0.39, 0.29) is 18.6 Å². The van der Waals surface area contributed by atoms with Crippen molar-refractivity contribution in [2.75, 3.05) is 0 Å². The molecule has 8 heavy (non-hydrogen) atoms. The lowest BCUT2D eigenvalue weighted by Gasteiger charge is -2.21. The second kappa shape index (κ2) is 4.68. The van der Waals surface area contributed by atoms with Crippen molar-refractivity contribution >= 4 is 37.6 Å². The average Bonchev–Trinajstić information content (AvgIpc) is 1.69. The Bertz CT molecular complexity index is 53.2. The van der Waals surface area contributed by atoms with E-state index in [0.717, 1.165) is 0 Å². The third kappa shape index (κ3) is 2.98. The third-order valence-corrected chi connectivity index (χ3v) is 21.2. The van der Waals surface area contributed by atoms with Gasteiger partial charge >= 0.3 is 0 Å². The molecule has 0 aromatic rings. The first-order valence-electron chi connectivity index (χ1n) is 3.46. The van der Waals surface area contributed by atoms with E-state index < -0.39 is 0 Å². The number of rotatable bonds is 3. The maximum Gasteiger partial charge on any atom is 0.0907 e. The molecule has 0 fully saturated rings. The van der Waals surface area contributed by atoms with E-state index in [2.05, 4.69) is 23.5 Å². The molecule has 5 heteroatoms. The highest BCUT2D eigenvalue weighted by atomic mass is 29.1. The average molecular weight is 180 g/mol. The molecule has 0 saturated carbocycles. The lowest BCUT2D eigenvalue weighted by molar-refractivity contribution is 1.08. The van der Waals surface area contributed by atoms with Gasteiger partial charge in [-0.1, -0.05) is 19.6 Å². The Morgan fingerprint density at radius 1 is 1.50 bits per heavy atom. The molecule has 1 nitrogen and oxygen atoms in total. The third-order valence-electron chi connectivity index (χ3n) is 1.54. The zero-order chi connectivity index (χ0) is 6.57. The zero-order valence-electron chi connectivity index (χ0n) is 6.44. The van der Waals surface area contributed by atoms with Crippen LogP contribution in [0.2, 0.25) is 19.6 Å².